The highest BCUT2D eigenvalue weighted by Gasteiger charge is 2.48. The third kappa shape index (κ3) is 4.23. The van der Waals surface area contributed by atoms with Crippen LogP contribution in [0.2, 0.25) is 5.02 Å². The average molecular weight is 395 g/mol. The smallest absolute Gasteiger partial charge is 0.252 e. The molecule has 2 heterocycles. The van der Waals surface area contributed by atoms with Crippen LogP contribution in [-0.2, 0) is 4.74 Å². The summed E-state index contributed by atoms with van der Waals surface area (Å²) in [7, 11) is 0. The number of aliphatic hydroxyl groups is 1. The molecule has 7 heteroatoms. The standard InChI is InChI=1S/C20H27ClN2O4/c21-16-9-15(11-23-19(16)27-12-13-1-2-13)18(25)22-10-14-3-4-20(17(14)24)5-7-26-8-6-20/h9,11,13-14,17,24H,1-8,10,12H2,(H,22,25)/t14-,17-/m0/s1. The zero-order valence-corrected chi connectivity index (χ0v) is 16.2. The van der Waals surface area contributed by atoms with Gasteiger partial charge in [0.1, 0.15) is 5.02 Å². The van der Waals surface area contributed by atoms with Crippen molar-refractivity contribution in [1.29, 1.82) is 0 Å². The molecule has 0 unspecified atom stereocenters. The minimum absolute atomic E-state index is 0.0287. The molecule has 0 aromatic carbocycles. The Hall–Kier alpha value is -1.37. The highest BCUT2D eigenvalue weighted by molar-refractivity contribution is 6.32. The van der Waals surface area contributed by atoms with Crippen LogP contribution in [-0.4, -0.2) is 48.5 Å². The van der Waals surface area contributed by atoms with Crippen LogP contribution in [0.25, 0.3) is 0 Å². The number of carbonyl (C=O) groups excluding carboxylic acids is 1. The van der Waals surface area contributed by atoms with Crippen molar-refractivity contribution >= 4 is 17.5 Å². The quantitative estimate of drug-likeness (QED) is 0.775. The molecule has 2 atom stereocenters. The zero-order valence-electron chi connectivity index (χ0n) is 15.5. The van der Waals surface area contributed by atoms with Gasteiger partial charge in [-0.25, -0.2) is 4.98 Å². The average Bonchev–Trinajstić information content (AvgIpc) is 3.47. The molecule has 3 aliphatic rings. The second-order valence-electron chi connectivity index (χ2n) is 8.19. The van der Waals surface area contributed by atoms with Crippen LogP contribution in [0.1, 0.15) is 48.9 Å². The van der Waals surface area contributed by atoms with Gasteiger partial charge in [-0.3, -0.25) is 4.79 Å². The fourth-order valence-electron chi connectivity index (χ4n) is 4.28. The van der Waals surface area contributed by atoms with Crippen molar-refractivity contribution in [2.24, 2.45) is 17.3 Å². The van der Waals surface area contributed by atoms with Crippen LogP contribution < -0.4 is 10.1 Å². The summed E-state index contributed by atoms with van der Waals surface area (Å²) < 4.78 is 11.0. The Morgan fingerprint density at radius 2 is 2.11 bits per heavy atom. The van der Waals surface area contributed by atoms with Crippen LogP contribution in [0.5, 0.6) is 5.88 Å². The van der Waals surface area contributed by atoms with E-state index in [0.29, 0.717) is 35.5 Å². The fourth-order valence-corrected chi connectivity index (χ4v) is 4.50. The third-order valence-corrected chi connectivity index (χ3v) is 6.59. The van der Waals surface area contributed by atoms with E-state index in [-0.39, 0.29) is 23.3 Å². The second-order valence-corrected chi connectivity index (χ2v) is 8.60. The first-order chi connectivity index (χ1) is 13.1. The second kappa shape index (κ2) is 7.94. The van der Waals surface area contributed by atoms with Gasteiger partial charge in [-0.2, -0.15) is 0 Å². The molecule has 0 bridgehead atoms. The molecule has 1 amide bonds. The number of hydrogen-bond donors (Lipinski definition) is 2. The number of ether oxygens (including phenoxy) is 2. The van der Waals surface area contributed by atoms with Crippen LogP contribution >= 0.6 is 11.6 Å². The maximum absolute atomic E-state index is 12.5. The number of pyridine rings is 1. The molecule has 1 aromatic rings. The summed E-state index contributed by atoms with van der Waals surface area (Å²) in [5.41, 5.74) is 0.381. The minimum atomic E-state index is -0.387. The number of amides is 1. The highest BCUT2D eigenvalue weighted by atomic mass is 35.5. The Bertz CT molecular complexity index is 689. The van der Waals surface area contributed by atoms with Gasteiger partial charge in [0.2, 0.25) is 5.88 Å². The van der Waals surface area contributed by atoms with Gasteiger partial charge in [0.15, 0.2) is 0 Å². The van der Waals surface area contributed by atoms with E-state index in [9.17, 15) is 9.90 Å². The molecule has 148 valence electrons. The van der Waals surface area contributed by atoms with Gasteiger partial charge in [0.05, 0.1) is 18.3 Å². The third-order valence-electron chi connectivity index (χ3n) is 6.32. The maximum atomic E-state index is 12.5. The number of hydrogen-bond acceptors (Lipinski definition) is 5. The zero-order chi connectivity index (χ0) is 18.9. The van der Waals surface area contributed by atoms with E-state index in [1.165, 1.54) is 19.0 Å². The van der Waals surface area contributed by atoms with Crippen molar-refractivity contribution in [3.05, 3.63) is 22.8 Å². The minimum Gasteiger partial charge on any atom is -0.476 e. The normalized spacial score (nSPS) is 26.9. The largest absolute Gasteiger partial charge is 0.476 e. The van der Waals surface area contributed by atoms with Crippen molar-refractivity contribution in [3.8, 4) is 5.88 Å². The summed E-state index contributed by atoms with van der Waals surface area (Å²) in [6, 6.07) is 1.59. The van der Waals surface area contributed by atoms with Crippen LogP contribution in [0.4, 0.5) is 0 Å². The molecule has 0 radical (unpaired) electrons. The molecule has 1 aliphatic heterocycles. The lowest BCUT2D eigenvalue weighted by Crippen LogP contribution is -2.41. The maximum Gasteiger partial charge on any atom is 0.252 e. The van der Waals surface area contributed by atoms with E-state index in [0.717, 1.165) is 38.9 Å². The number of halogens is 1. The van der Waals surface area contributed by atoms with Gasteiger partial charge in [0.25, 0.3) is 5.91 Å². The summed E-state index contributed by atoms with van der Waals surface area (Å²) in [4.78, 5) is 16.6. The lowest BCUT2D eigenvalue weighted by molar-refractivity contribution is -0.0555. The van der Waals surface area contributed by atoms with E-state index in [1.807, 2.05) is 0 Å². The van der Waals surface area contributed by atoms with Gasteiger partial charge in [-0.05, 0) is 50.5 Å². The van der Waals surface area contributed by atoms with Crippen LogP contribution in [0.15, 0.2) is 12.3 Å². The van der Waals surface area contributed by atoms with E-state index in [4.69, 9.17) is 21.1 Å². The number of carbonyl (C=O) groups is 1. The summed E-state index contributed by atoms with van der Waals surface area (Å²) >= 11 is 6.21. The van der Waals surface area contributed by atoms with Gasteiger partial charge in [0, 0.05) is 37.3 Å². The topological polar surface area (TPSA) is 80.7 Å². The Morgan fingerprint density at radius 1 is 1.33 bits per heavy atom. The number of aromatic nitrogens is 1. The van der Waals surface area contributed by atoms with E-state index in [2.05, 4.69) is 10.3 Å². The first-order valence-corrected chi connectivity index (χ1v) is 10.3. The first-order valence-electron chi connectivity index (χ1n) is 9.90. The van der Waals surface area contributed by atoms with Crippen molar-refractivity contribution in [2.45, 2.75) is 44.6 Å². The van der Waals surface area contributed by atoms with Crippen molar-refractivity contribution < 1.29 is 19.4 Å². The molecular weight excluding hydrogens is 368 g/mol. The molecule has 3 fully saturated rings. The molecule has 2 saturated carbocycles. The molecular formula is C20H27ClN2O4. The Balaban J connectivity index is 1.30. The van der Waals surface area contributed by atoms with Crippen molar-refractivity contribution in [1.82, 2.24) is 10.3 Å². The van der Waals surface area contributed by atoms with Crippen molar-refractivity contribution in [3.63, 3.8) is 0 Å². The van der Waals surface area contributed by atoms with Crippen molar-refractivity contribution in [2.75, 3.05) is 26.4 Å². The summed E-state index contributed by atoms with van der Waals surface area (Å²) in [5, 5.41) is 14.1. The van der Waals surface area contributed by atoms with Crippen LogP contribution in [0.3, 0.4) is 0 Å². The Labute approximate surface area is 164 Å². The highest BCUT2D eigenvalue weighted by Crippen LogP contribution is 2.48. The van der Waals surface area contributed by atoms with Gasteiger partial charge >= 0.3 is 0 Å². The fraction of sp³-hybridized carbons (Fsp3) is 0.700. The lowest BCUT2D eigenvalue weighted by Gasteiger charge is -2.37. The predicted octanol–water partition coefficient (Wildman–Crippen LogP) is 2.82. The van der Waals surface area contributed by atoms with Gasteiger partial charge in [-0.1, -0.05) is 11.6 Å². The molecule has 4 rings (SSSR count). The summed E-state index contributed by atoms with van der Waals surface area (Å²) in [5.74, 6) is 0.852. The number of nitrogens with zero attached hydrogens (tertiary/aromatic N) is 1. The molecule has 1 aromatic heterocycles. The molecule has 2 N–H and O–H groups in total. The molecule has 1 saturated heterocycles. The number of aliphatic hydroxyl groups excluding tert-OH is 1. The summed E-state index contributed by atoms with van der Waals surface area (Å²) in [6.07, 6.45) is 7.22. The molecule has 1 spiro atoms. The molecule has 6 nitrogen and oxygen atoms in total. The van der Waals surface area contributed by atoms with Gasteiger partial charge in [-0.15, -0.1) is 0 Å². The van der Waals surface area contributed by atoms with Crippen LogP contribution in [0, 0.1) is 17.3 Å². The predicted molar refractivity (Wildman–Crippen MR) is 101 cm³/mol. The number of nitrogens with one attached hydrogen (secondary N) is 1. The Morgan fingerprint density at radius 3 is 2.81 bits per heavy atom. The summed E-state index contributed by atoms with van der Waals surface area (Å²) in [6.45, 7) is 2.52. The van der Waals surface area contributed by atoms with E-state index >= 15 is 0 Å². The van der Waals surface area contributed by atoms with E-state index < -0.39 is 0 Å². The Kier molecular flexibility index (Phi) is 5.58. The molecule has 27 heavy (non-hydrogen) atoms. The van der Waals surface area contributed by atoms with Gasteiger partial charge < -0.3 is 19.9 Å². The lowest BCUT2D eigenvalue weighted by atomic mass is 9.76. The number of rotatable bonds is 6. The first kappa shape index (κ1) is 19.0. The monoisotopic (exact) mass is 394 g/mol. The molecule has 2 aliphatic carbocycles. The van der Waals surface area contributed by atoms with E-state index in [1.54, 1.807) is 6.07 Å². The SMILES string of the molecule is O=C(NC[C@@H]1CCC2(CCOCC2)[C@H]1O)c1cnc(OCC2CC2)c(Cl)c1.